The van der Waals surface area contributed by atoms with Crippen molar-refractivity contribution in [1.29, 1.82) is 0 Å². The van der Waals surface area contributed by atoms with Crippen LogP contribution in [0.4, 0.5) is 0 Å². The minimum absolute atomic E-state index is 0.442. The number of hydrogen-bond donors (Lipinski definition) is 1. The monoisotopic (exact) mass is 292 g/mol. The van der Waals surface area contributed by atoms with Crippen LogP contribution in [-0.4, -0.2) is 43.4 Å². The third-order valence-electron chi connectivity index (χ3n) is 2.38. The lowest BCUT2D eigenvalue weighted by molar-refractivity contribution is -0.157. The fraction of sp³-hybridized carbons (Fsp3) is 0.636. The van der Waals surface area contributed by atoms with E-state index in [1.807, 2.05) is 0 Å². The summed E-state index contributed by atoms with van der Waals surface area (Å²) < 4.78 is 16.9. The Morgan fingerprint density at radius 2 is 2.31 bits per heavy atom. The molecule has 0 aromatic rings. The molecule has 1 fully saturated rings. The summed E-state index contributed by atoms with van der Waals surface area (Å²) in [5, 5.41) is 9.88. The molecule has 92 valence electrons. The van der Waals surface area contributed by atoms with E-state index < -0.39 is 24.6 Å². The van der Waals surface area contributed by atoms with Gasteiger partial charge in [-0.3, -0.25) is 0 Å². The summed E-state index contributed by atoms with van der Waals surface area (Å²) in [5.41, 5.74) is 0. The second-order valence-electron chi connectivity index (χ2n) is 3.53. The highest BCUT2D eigenvalue weighted by Crippen LogP contribution is 2.25. The van der Waals surface area contributed by atoms with Gasteiger partial charge in [0.1, 0.15) is 18.3 Å². The third kappa shape index (κ3) is 3.40. The topological polar surface area (TPSA) is 47.9 Å². The van der Waals surface area contributed by atoms with E-state index in [-0.39, 0.29) is 0 Å². The Hall–Kier alpha value is -0.200. The maximum Gasteiger partial charge on any atom is 0.186 e. The summed E-state index contributed by atoms with van der Waals surface area (Å²) >= 11 is 3.24. The van der Waals surface area contributed by atoms with Crippen molar-refractivity contribution in [3.8, 4) is 0 Å². The van der Waals surface area contributed by atoms with Crippen LogP contribution in [0.1, 0.15) is 6.42 Å². The minimum Gasteiger partial charge on any atom is -0.387 e. The van der Waals surface area contributed by atoms with Crippen LogP contribution in [0.3, 0.4) is 0 Å². The summed E-state index contributed by atoms with van der Waals surface area (Å²) in [7, 11) is 1.52. The largest absolute Gasteiger partial charge is 0.387 e. The molecule has 1 saturated heterocycles. The summed E-state index contributed by atoms with van der Waals surface area (Å²) in [6, 6.07) is 0. The molecule has 0 amide bonds. The molecule has 4 atom stereocenters. The van der Waals surface area contributed by atoms with Gasteiger partial charge in [0.05, 0.1) is 6.61 Å². The normalized spacial score (nSPS) is 33.9. The molecule has 1 rings (SSSR count). The van der Waals surface area contributed by atoms with Gasteiger partial charge in [0.15, 0.2) is 6.29 Å². The lowest BCUT2D eigenvalue weighted by Gasteiger charge is -2.19. The molecule has 0 bridgehead atoms. The Balaban J connectivity index is 2.48. The van der Waals surface area contributed by atoms with Crippen molar-refractivity contribution in [2.24, 2.45) is 0 Å². The number of rotatable bonds is 6. The first-order valence-corrected chi connectivity index (χ1v) is 5.83. The second kappa shape index (κ2) is 6.51. The van der Waals surface area contributed by atoms with Crippen molar-refractivity contribution in [2.75, 3.05) is 13.7 Å². The fourth-order valence-electron chi connectivity index (χ4n) is 1.53. The third-order valence-corrected chi connectivity index (χ3v) is 2.78. The van der Waals surface area contributed by atoms with Crippen LogP contribution in [0, 0.1) is 0 Å². The van der Waals surface area contributed by atoms with E-state index in [9.17, 15) is 5.11 Å². The molecule has 0 aromatic carbocycles. The molecule has 1 aliphatic heterocycles. The average Bonchev–Trinajstić information content (AvgIpc) is 2.55. The SMILES string of the molecule is C=C[C@H]1O[C@H](OC)[C@H](OCCC(=C)Br)[C@H]1O. The lowest BCUT2D eigenvalue weighted by Crippen LogP contribution is -2.35. The molecular formula is C11H17BrO4. The average molecular weight is 293 g/mol. The molecule has 0 saturated carbocycles. The van der Waals surface area contributed by atoms with E-state index in [4.69, 9.17) is 14.2 Å². The van der Waals surface area contributed by atoms with Crippen molar-refractivity contribution in [2.45, 2.75) is 31.0 Å². The number of ether oxygens (including phenoxy) is 3. The van der Waals surface area contributed by atoms with Crippen LogP contribution in [0.2, 0.25) is 0 Å². The van der Waals surface area contributed by atoms with E-state index in [2.05, 4.69) is 29.1 Å². The van der Waals surface area contributed by atoms with Crippen LogP contribution < -0.4 is 0 Å². The van der Waals surface area contributed by atoms with Crippen LogP contribution >= 0.6 is 15.9 Å². The van der Waals surface area contributed by atoms with Gasteiger partial charge in [0, 0.05) is 13.5 Å². The predicted octanol–water partition coefficient (Wildman–Crippen LogP) is 1.59. The molecule has 1 N–H and O–H groups in total. The van der Waals surface area contributed by atoms with Crippen molar-refractivity contribution >= 4 is 15.9 Å². The Bertz CT molecular complexity index is 256. The molecule has 1 aliphatic rings. The van der Waals surface area contributed by atoms with Gasteiger partial charge in [0.2, 0.25) is 0 Å². The van der Waals surface area contributed by atoms with Crippen LogP contribution in [0.5, 0.6) is 0 Å². The zero-order valence-electron chi connectivity index (χ0n) is 9.27. The summed E-state index contributed by atoms with van der Waals surface area (Å²) in [4.78, 5) is 0. The molecule has 1 heterocycles. The number of aliphatic hydroxyl groups excluding tert-OH is 1. The molecule has 0 radical (unpaired) electrons. The molecular weight excluding hydrogens is 276 g/mol. The maximum atomic E-state index is 9.88. The molecule has 0 aliphatic carbocycles. The molecule has 0 unspecified atom stereocenters. The lowest BCUT2D eigenvalue weighted by atomic mass is 10.1. The van der Waals surface area contributed by atoms with Gasteiger partial charge in [0.25, 0.3) is 0 Å². The van der Waals surface area contributed by atoms with Crippen LogP contribution in [0.15, 0.2) is 23.7 Å². The summed E-state index contributed by atoms with van der Waals surface area (Å²) in [5.74, 6) is 0. The second-order valence-corrected chi connectivity index (χ2v) is 4.66. The molecule has 16 heavy (non-hydrogen) atoms. The van der Waals surface area contributed by atoms with Crippen LogP contribution in [-0.2, 0) is 14.2 Å². The Morgan fingerprint density at radius 1 is 1.62 bits per heavy atom. The van der Waals surface area contributed by atoms with Gasteiger partial charge >= 0.3 is 0 Å². The maximum absolute atomic E-state index is 9.88. The van der Waals surface area contributed by atoms with Gasteiger partial charge in [-0.25, -0.2) is 0 Å². The van der Waals surface area contributed by atoms with Crippen molar-refractivity contribution in [3.63, 3.8) is 0 Å². The highest BCUT2D eigenvalue weighted by molar-refractivity contribution is 9.11. The Morgan fingerprint density at radius 3 is 2.81 bits per heavy atom. The first-order chi connectivity index (χ1) is 7.60. The van der Waals surface area contributed by atoms with Gasteiger partial charge in [-0.15, -0.1) is 6.58 Å². The van der Waals surface area contributed by atoms with E-state index in [0.717, 1.165) is 4.48 Å². The molecule has 5 heteroatoms. The summed E-state index contributed by atoms with van der Waals surface area (Å²) in [6.07, 6.45) is -0.00314. The van der Waals surface area contributed by atoms with Crippen molar-refractivity contribution in [3.05, 3.63) is 23.7 Å². The highest BCUT2D eigenvalue weighted by atomic mass is 79.9. The van der Waals surface area contributed by atoms with Crippen molar-refractivity contribution in [1.82, 2.24) is 0 Å². The van der Waals surface area contributed by atoms with Crippen LogP contribution in [0.25, 0.3) is 0 Å². The number of hydrogen-bond acceptors (Lipinski definition) is 4. The van der Waals surface area contributed by atoms with E-state index in [1.54, 1.807) is 6.08 Å². The zero-order chi connectivity index (χ0) is 12.1. The first-order valence-electron chi connectivity index (χ1n) is 5.04. The van der Waals surface area contributed by atoms with E-state index >= 15 is 0 Å². The highest BCUT2D eigenvalue weighted by Gasteiger charge is 2.43. The zero-order valence-corrected chi connectivity index (χ0v) is 10.9. The molecule has 0 aromatic heterocycles. The molecule has 0 spiro atoms. The van der Waals surface area contributed by atoms with E-state index in [1.165, 1.54) is 7.11 Å². The summed E-state index contributed by atoms with van der Waals surface area (Å²) in [6.45, 7) is 7.75. The quantitative estimate of drug-likeness (QED) is 0.756. The predicted molar refractivity (Wildman–Crippen MR) is 64.3 cm³/mol. The molecule has 4 nitrogen and oxygen atoms in total. The van der Waals surface area contributed by atoms with Gasteiger partial charge < -0.3 is 19.3 Å². The standard InChI is InChI=1S/C11H17BrO4/c1-4-8-9(13)10(11(14-3)16-8)15-6-5-7(2)12/h4,8-11,13H,1-2,5-6H2,3H3/t8-,9+,10-,11+/m1/s1. The Kier molecular flexibility index (Phi) is 5.64. The number of aliphatic hydroxyl groups is 1. The fourth-order valence-corrected chi connectivity index (χ4v) is 1.69. The van der Waals surface area contributed by atoms with Crippen molar-refractivity contribution < 1.29 is 19.3 Å². The van der Waals surface area contributed by atoms with Gasteiger partial charge in [-0.2, -0.15) is 0 Å². The smallest absolute Gasteiger partial charge is 0.186 e. The number of methoxy groups -OCH3 is 1. The number of halogens is 1. The first kappa shape index (κ1) is 13.9. The van der Waals surface area contributed by atoms with Gasteiger partial charge in [-0.05, 0) is 4.48 Å². The van der Waals surface area contributed by atoms with Gasteiger partial charge in [-0.1, -0.05) is 28.6 Å². The Labute approximate surface area is 104 Å². The minimum atomic E-state index is -0.744. The van der Waals surface area contributed by atoms with E-state index in [0.29, 0.717) is 13.0 Å².